The molecule has 0 unspecified atom stereocenters. The summed E-state index contributed by atoms with van der Waals surface area (Å²) in [6.07, 6.45) is 0.845. The van der Waals surface area contributed by atoms with E-state index in [1.807, 2.05) is 18.2 Å². The van der Waals surface area contributed by atoms with Crippen molar-refractivity contribution in [2.24, 2.45) is 10.2 Å². The average Bonchev–Trinajstić information content (AvgIpc) is 3.13. The van der Waals surface area contributed by atoms with E-state index in [0.717, 1.165) is 34.6 Å². The number of nitrogens with zero attached hydrogens (tertiary/aromatic N) is 4. The molecule has 0 atom stereocenters. The first-order chi connectivity index (χ1) is 11.2. The Balaban J connectivity index is 1.75. The first kappa shape index (κ1) is 15.8. The van der Waals surface area contributed by atoms with Crippen molar-refractivity contribution < 1.29 is 4.79 Å². The smallest absolute Gasteiger partial charge is 0.231 e. The van der Waals surface area contributed by atoms with Crippen LogP contribution in [0, 0.1) is 0 Å². The Morgan fingerprint density at radius 1 is 1.13 bits per heavy atom. The summed E-state index contributed by atoms with van der Waals surface area (Å²) in [6, 6.07) is 9.86. The predicted octanol–water partition coefficient (Wildman–Crippen LogP) is 5.43. The summed E-state index contributed by atoms with van der Waals surface area (Å²) in [7, 11) is 0. The predicted molar refractivity (Wildman–Crippen MR) is 97.1 cm³/mol. The molecule has 0 amide bonds. The molecule has 23 heavy (non-hydrogen) atoms. The molecule has 0 N–H and O–H groups in total. The Kier molecular flexibility index (Phi) is 4.78. The molecule has 0 aliphatic heterocycles. The average molecular weight is 344 g/mol. The molecule has 5 nitrogen and oxygen atoms in total. The third-order valence-corrected chi connectivity index (χ3v) is 5.41. The highest BCUT2D eigenvalue weighted by Gasteiger charge is 2.07. The molecular weight excluding hydrogens is 328 g/mol. The van der Waals surface area contributed by atoms with Crippen molar-refractivity contribution in [1.29, 1.82) is 0 Å². The van der Waals surface area contributed by atoms with Gasteiger partial charge in [0, 0.05) is 18.8 Å². The second-order valence-corrected chi connectivity index (χ2v) is 6.89. The van der Waals surface area contributed by atoms with Crippen molar-refractivity contribution in [3.05, 3.63) is 35.2 Å². The molecule has 0 aliphatic carbocycles. The summed E-state index contributed by atoms with van der Waals surface area (Å²) >= 11 is 2.81. The molecule has 2 aromatic heterocycles. The molecule has 0 fully saturated rings. The van der Waals surface area contributed by atoms with Crippen LogP contribution in [-0.2, 0) is 0 Å². The first-order valence-electron chi connectivity index (χ1n) is 7.35. The van der Waals surface area contributed by atoms with Gasteiger partial charge in [-0.05, 0) is 44.2 Å². The van der Waals surface area contributed by atoms with Crippen molar-refractivity contribution in [3.63, 3.8) is 0 Å². The number of azo groups is 1. The highest BCUT2D eigenvalue weighted by atomic mass is 32.1. The molecule has 0 aliphatic rings. The molecular formula is C16H16N4OS2. The molecule has 0 spiro atoms. The van der Waals surface area contributed by atoms with Gasteiger partial charge in [0.2, 0.25) is 5.13 Å². The van der Waals surface area contributed by atoms with Crippen molar-refractivity contribution in [2.75, 3.05) is 18.0 Å². The molecule has 0 radical (unpaired) electrons. The van der Waals surface area contributed by atoms with E-state index in [9.17, 15) is 4.79 Å². The monoisotopic (exact) mass is 344 g/mol. The molecule has 118 valence electrons. The van der Waals surface area contributed by atoms with Crippen molar-refractivity contribution in [2.45, 2.75) is 13.8 Å². The number of aromatic nitrogens is 1. The fourth-order valence-corrected chi connectivity index (χ4v) is 4.12. The van der Waals surface area contributed by atoms with Gasteiger partial charge in [-0.3, -0.25) is 4.79 Å². The largest absolute Gasteiger partial charge is 0.372 e. The Labute approximate surface area is 142 Å². The molecule has 3 rings (SSSR count). The van der Waals surface area contributed by atoms with Gasteiger partial charge in [0.25, 0.3) is 0 Å². The summed E-state index contributed by atoms with van der Waals surface area (Å²) in [6.45, 7) is 6.24. The van der Waals surface area contributed by atoms with Crippen LogP contribution in [0.3, 0.4) is 0 Å². The number of fused-ring (bicyclic) bond motifs is 1. The van der Waals surface area contributed by atoms with Gasteiger partial charge in [-0.2, -0.15) is 0 Å². The third-order valence-electron chi connectivity index (χ3n) is 3.44. The highest BCUT2D eigenvalue weighted by molar-refractivity contribution is 7.29. The number of benzene rings is 1. The van der Waals surface area contributed by atoms with E-state index < -0.39 is 0 Å². The van der Waals surface area contributed by atoms with Crippen LogP contribution in [0.15, 0.2) is 40.6 Å². The van der Waals surface area contributed by atoms with Crippen LogP contribution in [0.2, 0.25) is 0 Å². The number of thiophene rings is 1. The molecule has 7 heteroatoms. The van der Waals surface area contributed by atoms with Gasteiger partial charge in [0.15, 0.2) is 6.29 Å². The molecule has 3 aromatic rings. The minimum Gasteiger partial charge on any atom is -0.372 e. The van der Waals surface area contributed by atoms with Crippen LogP contribution in [0.25, 0.3) is 9.53 Å². The second-order valence-electron chi connectivity index (χ2n) is 4.82. The van der Waals surface area contributed by atoms with Crippen LogP contribution in [0.5, 0.6) is 0 Å². The van der Waals surface area contributed by atoms with E-state index in [1.165, 1.54) is 28.4 Å². The van der Waals surface area contributed by atoms with E-state index >= 15 is 0 Å². The lowest BCUT2D eigenvalue weighted by molar-refractivity contribution is 0.112. The van der Waals surface area contributed by atoms with Crippen molar-refractivity contribution >= 4 is 55.0 Å². The lowest BCUT2D eigenvalue weighted by Crippen LogP contribution is -2.21. The Hall–Kier alpha value is -2.12. The number of hydrogen-bond donors (Lipinski definition) is 0. The molecule has 1 aromatic carbocycles. The number of carbonyl (C=O) groups is 1. The minimum absolute atomic E-state index is 0.608. The van der Waals surface area contributed by atoms with Crippen LogP contribution in [0.1, 0.15) is 23.5 Å². The number of thiazole rings is 1. The van der Waals surface area contributed by atoms with E-state index in [-0.39, 0.29) is 0 Å². The first-order valence-corrected chi connectivity index (χ1v) is 8.99. The Morgan fingerprint density at radius 2 is 1.87 bits per heavy atom. The fraction of sp³-hybridized carbons (Fsp3) is 0.250. The molecule has 0 bridgehead atoms. The molecule has 0 saturated carbocycles. The summed E-state index contributed by atoms with van der Waals surface area (Å²) in [5, 5.41) is 9.04. The third kappa shape index (κ3) is 3.46. The number of aldehydes is 1. The topological polar surface area (TPSA) is 57.9 Å². The number of anilines is 1. The van der Waals surface area contributed by atoms with Gasteiger partial charge in [0.1, 0.15) is 4.83 Å². The van der Waals surface area contributed by atoms with Crippen LogP contribution >= 0.6 is 22.7 Å². The second kappa shape index (κ2) is 6.97. The van der Waals surface area contributed by atoms with Crippen molar-refractivity contribution in [1.82, 2.24) is 4.98 Å². The zero-order valence-electron chi connectivity index (χ0n) is 12.9. The van der Waals surface area contributed by atoms with Crippen molar-refractivity contribution in [3.8, 4) is 0 Å². The summed E-state index contributed by atoms with van der Waals surface area (Å²) in [4.78, 5) is 18.9. The minimum atomic E-state index is 0.608. The summed E-state index contributed by atoms with van der Waals surface area (Å²) in [5.41, 5.74) is 1.98. The SMILES string of the molecule is CCN(CC)c1ccc(/N=N/c2nc3sc(C=O)cc3s2)cc1. The van der Waals surface area contributed by atoms with Crippen LogP contribution in [0.4, 0.5) is 16.5 Å². The normalized spacial score (nSPS) is 11.4. The van der Waals surface area contributed by atoms with Gasteiger partial charge in [0.05, 0.1) is 15.3 Å². The Morgan fingerprint density at radius 3 is 2.48 bits per heavy atom. The zero-order valence-corrected chi connectivity index (χ0v) is 14.5. The fourth-order valence-electron chi connectivity index (χ4n) is 2.26. The standard InChI is InChI=1S/C16H16N4OS2/c1-3-20(4-2)12-7-5-11(6-8-12)18-19-16-17-15-14(23-16)9-13(10-21)22-15/h5-10H,3-4H2,1-2H3/b19-18+. The van der Waals surface area contributed by atoms with Gasteiger partial charge in [-0.25, -0.2) is 4.98 Å². The molecule has 2 heterocycles. The van der Waals surface area contributed by atoms with E-state index in [4.69, 9.17) is 0 Å². The lowest BCUT2D eigenvalue weighted by atomic mass is 10.2. The van der Waals surface area contributed by atoms with E-state index in [1.54, 1.807) is 0 Å². The lowest BCUT2D eigenvalue weighted by Gasteiger charge is -2.20. The van der Waals surface area contributed by atoms with Gasteiger partial charge in [-0.15, -0.1) is 21.6 Å². The maximum Gasteiger partial charge on any atom is 0.231 e. The highest BCUT2D eigenvalue weighted by Crippen LogP contribution is 2.34. The number of hydrogen-bond acceptors (Lipinski definition) is 7. The maximum atomic E-state index is 10.7. The Bertz CT molecular complexity index is 800. The van der Waals surface area contributed by atoms with Gasteiger partial charge in [-0.1, -0.05) is 11.3 Å². The molecule has 0 saturated heterocycles. The maximum absolute atomic E-state index is 10.7. The van der Waals surface area contributed by atoms with Gasteiger partial charge < -0.3 is 4.90 Å². The number of rotatable bonds is 6. The summed E-state index contributed by atoms with van der Waals surface area (Å²) < 4.78 is 0.975. The number of carbonyl (C=O) groups excluding carboxylic acids is 1. The zero-order chi connectivity index (χ0) is 16.2. The quantitative estimate of drug-likeness (QED) is 0.442. The van der Waals surface area contributed by atoms with Gasteiger partial charge >= 0.3 is 0 Å². The van der Waals surface area contributed by atoms with E-state index in [2.05, 4.69) is 46.1 Å². The van der Waals surface area contributed by atoms with E-state index in [0.29, 0.717) is 10.0 Å². The summed E-state index contributed by atoms with van der Waals surface area (Å²) in [5.74, 6) is 0. The van der Waals surface area contributed by atoms with Crippen LogP contribution in [-0.4, -0.2) is 24.4 Å². The van der Waals surface area contributed by atoms with Crippen LogP contribution < -0.4 is 4.90 Å².